The molecule has 1 aromatic rings. The molecule has 1 aliphatic rings. The van der Waals surface area contributed by atoms with E-state index in [0.29, 0.717) is 23.7 Å². The summed E-state index contributed by atoms with van der Waals surface area (Å²) < 4.78 is 18.8. The van der Waals surface area contributed by atoms with Gasteiger partial charge in [0, 0.05) is 30.2 Å². The van der Waals surface area contributed by atoms with Crippen molar-refractivity contribution in [3.05, 3.63) is 34.6 Å². The van der Waals surface area contributed by atoms with Crippen LogP contribution in [0.4, 0.5) is 4.39 Å². The van der Waals surface area contributed by atoms with Crippen molar-refractivity contribution < 1.29 is 18.7 Å². The summed E-state index contributed by atoms with van der Waals surface area (Å²) in [6.45, 7) is 3.09. The van der Waals surface area contributed by atoms with E-state index in [1.54, 1.807) is 17.9 Å². The first-order valence-corrected chi connectivity index (χ1v) is 7.51. The zero-order valence-electron chi connectivity index (χ0n) is 12.3. The number of nitrogens with zero attached hydrogens (tertiary/aromatic N) is 1. The van der Waals surface area contributed by atoms with Gasteiger partial charge in [-0.05, 0) is 19.1 Å². The van der Waals surface area contributed by atoms with Crippen molar-refractivity contribution in [3.8, 4) is 0 Å². The molecule has 1 fully saturated rings. The van der Waals surface area contributed by atoms with Crippen LogP contribution >= 0.6 is 11.6 Å². The topological polar surface area (TPSA) is 58.6 Å². The predicted octanol–water partition coefficient (Wildman–Crippen LogP) is 1.73. The summed E-state index contributed by atoms with van der Waals surface area (Å²) in [7, 11) is 0. The van der Waals surface area contributed by atoms with Gasteiger partial charge < -0.3 is 10.1 Å². The van der Waals surface area contributed by atoms with E-state index in [1.165, 1.54) is 12.1 Å². The van der Waals surface area contributed by atoms with E-state index in [-0.39, 0.29) is 25.5 Å². The van der Waals surface area contributed by atoms with E-state index >= 15 is 0 Å². The molecule has 1 aliphatic heterocycles. The van der Waals surface area contributed by atoms with Crippen molar-refractivity contribution in [1.82, 2.24) is 10.2 Å². The Morgan fingerprint density at radius 1 is 1.55 bits per heavy atom. The SMILES string of the molecule is CCOC(=O)C[C@H]1C(=O)NCCN1Cc1c(F)cccc1Cl. The summed E-state index contributed by atoms with van der Waals surface area (Å²) in [5, 5.41) is 3.02. The summed E-state index contributed by atoms with van der Waals surface area (Å²) in [4.78, 5) is 25.4. The summed E-state index contributed by atoms with van der Waals surface area (Å²) in [5.41, 5.74) is 0.327. The van der Waals surface area contributed by atoms with E-state index in [0.717, 1.165) is 0 Å². The highest BCUT2D eigenvalue weighted by Gasteiger charge is 2.32. The van der Waals surface area contributed by atoms with Crippen molar-refractivity contribution in [1.29, 1.82) is 0 Å². The van der Waals surface area contributed by atoms with Gasteiger partial charge in [0.1, 0.15) is 11.9 Å². The van der Waals surface area contributed by atoms with Gasteiger partial charge in [-0.3, -0.25) is 14.5 Å². The molecule has 1 aromatic carbocycles. The number of amides is 1. The number of nitrogens with one attached hydrogen (secondary N) is 1. The Bertz CT molecular complexity index is 547. The van der Waals surface area contributed by atoms with E-state index in [4.69, 9.17) is 16.3 Å². The lowest BCUT2D eigenvalue weighted by Gasteiger charge is -2.34. The zero-order chi connectivity index (χ0) is 16.1. The maximum absolute atomic E-state index is 13.9. The number of carbonyl (C=O) groups excluding carboxylic acids is 2. The van der Waals surface area contributed by atoms with Gasteiger partial charge in [0.2, 0.25) is 5.91 Å². The minimum atomic E-state index is -0.677. The van der Waals surface area contributed by atoms with E-state index in [1.807, 2.05) is 0 Å². The molecule has 0 bridgehead atoms. The first-order valence-electron chi connectivity index (χ1n) is 7.13. The number of piperazine rings is 1. The fourth-order valence-corrected chi connectivity index (χ4v) is 2.66. The monoisotopic (exact) mass is 328 g/mol. The average Bonchev–Trinajstić information content (AvgIpc) is 2.46. The third kappa shape index (κ3) is 3.96. The van der Waals surface area contributed by atoms with Gasteiger partial charge in [-0.2, -0.15) is 0 Å². The minimum Gasteiger partial charge on any atom is -0.466 e. The van der Waals surface area contributed by atoms with Gasteiger partial charge in [-0.15, -0.1) is 0 Å². The van der Waals surface area contributed by atoms with Crippen LogP contribution in [0, 0.1) is 5.82 Å². The lowest BCUT2D eigenvalue weighted by atomic mass is 10.1. The second-order valence-corrected chi connectivity index (χ2v) is 5.39. The highest BCUT2D eigenvalue weighted by Crippen LogP contribution is 2.23. The number of rotatable bonds is 5. The molecule has 0 saturated carbocycles. The van der Waals surface area contributed by atoms with E-state index < -0.39 is 17.8 Å². The van der Waals surface area contributed by atoms with Crippen LogP contribution in [0.1, 0.15) is 18.9 Å². The fraction of sp³-hybridized carbons (Fsp3) is 0.467. The highest BCUT2D eigenvalue weighted by molar-refractivity contribution is 6.31. The third-order valence-corrected chi connectivity index (χ3v) is 3.88. The van der Waals surface area contributed by atoms with Crippen LogP contribution in [0.5, 0.6) is 0 Å². The molecule has 0 aliphatic carbocycles. The Kier molecular flexibility index (Phi) is 5.74. The molecule has 22 heavy (non-hydrogen) atoms. The molecule has 1 saturated heterocycles. The lowest BCUT2D eigenvalue weighted by Crippen LogP contribution is -2.55. The van der Waals surface area contributed by atoms with Crippen LogP contribution in [0.25, 0.3) is 0 Å². The number of hydrogen-bond donors (Lipinski definition) is 1. The van der Waals surface area contributed by atoms with Crippen LogP contribution in [0.15, 0.2) is 18.2 Å². The van der Waals surface area contributed by atoms with Gasteiger partial charge in [-0.1, -0.05) is 17.7 Å². The quantitative estimate of drug-likeness (QED) is 0.836. The molecular weight excluding hydrogens is 311 g/mol. The van der Waals surface area contributed by atoms with Crippen molar-refractivity contribution in [2.75, 3.05) is 19.7 Å². The third-order valence-electron chi connectivity index (χ3n) is 3.53. The van der Waals surface area contributed by atoms with Gasteiger partial charge in [0.25, 0.3) is 0 Å². The number of esters is 1. The number of hydrogen-bond acceptors (Lipinski definition) is 4. The molecule has 0 radical (unpaired) electrons. The van der Waals surface area contributed by atoms with Crippen LogP contribution < -0.4 is 5.32 Å². The van der Waals surface area contributed by atoms with Crippen molar-refractivity contribution >= 4 is 23.5 Å². The summed E-state index contributed by atoms with van der Waals surface area (Å²) in [6, 6.07) is 3.78. The highest BCUT2D eigenvalue weighted by atomic mass is 35.5. The van der Waals surface area contributed by atoms with Crippen LogP contribution in [-0.2, 0) is 20.9 Å². The largest absolute Gasteiger partial charge is 0.466 e. The Labute approximate surface area is 133 Å². The van der Waals surface area contributed by atoms with Crippen LogP contribution in [0.2, 0.25) is 5.02 Å². The number of ether oxygens (including phenoxy) is 1. The minimum absolute atomic E-state index is 0.0637. The van der Waals surface area contributed by atoms with Gasteiger partial charge >= 0.3 is 5.97 Å². The lowest BCUT2D eigenvalue weighted by molar-refractivity contribution is -0.148. The first kappa shape index (κ1) is 16.7. The first-order chi connectivity index (χ1) is 10.5. The van der Waals surface area contributed by atoms with Crippen LogP contribution in [0.3, 0.4) is 0 Å². The van der Waals surface area contributed by atoms with E-state index in [9.17, 15) is 14.0 Å². The second kappa shape index (κ2) is 7.56. The molecule has 0 spiro atoms. The molecular formula is C15H18ClFN2O3. The van der Waals surface area contributed by atoms with Crippen molar-refractivity contribution in [3.63, 3.8) is 0 Å². The Balaban J connectivity index is 2.15. The molecule has 0 aromatic heterocycles. The molecule has 1 amide bonds. The summed E-state index contributed by atoms with van der Waals surface area (Å²) >= 11 is 6.03. The maximum Gasteiger partial charge on any atom is 0.307 e. The smallest absolute Gasteiger partial charge is 0.307 e. The molecule has 0 unspecified atom stereocenters. The molecule has 1 atom stereocenters. The Hall–Kier alpha value is -1.66. The van der Waals surface area contributed by atoms with Crippen LogP contribution in [-0.4, -0.2) is 42.5 Å². The Morgan fingerprint density at radius 3 is 3.00 bits per heavy atom. The molecule has 2 rings (SSSR count). The standard InChI is InChI=1S/C15H18ClFN2O3/c1-2-22-14(20)8-13-15(21)18-6-7-19(13)9-10-11(16)4-3-5-12(10)17/h3-5,13H,2,6-9H2,1H3,(H,18,21)/t13-/m0/s1. The molecule has 1 N–H and O–H groups in total. The number of benzene rings is 1. The summed E-state index contributed by atoms with van der Waals surface area (Å²) in [6.07, 6.45) is -0.0637. The average molecular weight is 329 g/mol. The zero-order valence-corrected chi connectivity index (χ0v) is 13.0. The number of carbonyl (C=O) groups is 2. The van der Waals surface area contributed by atoms with E-state index in [2.05, 4.69) is 5.32 Å². The Morgan fingerprint density at radius 2 is 2.32 bits per heavy atom. The normalized spacial score (nSPS) is 18.9. The molecule has 7 heteroatoms. The molecule has 1 heterocycles. The van der Waals surface area contributed by atoms with Crippen molar-refractivity contribution in [2.24, 2.45) is 0 Å². The fourth-order valence-electron chi connectivity index (χ4n) is 2.44. The molecule has 5 nitrogen and oxygen atoms in total. The van der Waals surface area contributed by atoms with Gasteiger partial charge in [0.05, 0.1) is 13.0 Å². The maximum atomic E-state index is 13.9. The molecule has 120 valence electrons. The van der Waals surface area contributed by atoms with Gasteiger partial charge in [-0.25, -0.2) is 4.39 Å². The number of halogens is 2. The summed E-state index contributed by atoms with van der Waals surface area (Å²) in [5.74, 6) is -1.13. The van der Waals surface area contributed by atoms with Gasteiger partial charge in [0.15, 0.2) is 0 Å². The van der Waals surface area contributed by atoms with Crippen molar-refractivity contribution in [2.45, 2.75) is 25.9 Å². The second-order valence-electron chi connectivity index (χ2n) is 4.99. The predicted molar refractivity (Wildman–Crippen MR) is 79.9 cm³/mol.